The highest BCUT2D eigenvalue weighted by Crippen LogP contribution is 2.26. The molecule has 0 spiro atoms. The summed E-state index contributed by atoms with van der Waals surface area (Å²) in [5, 5.41) is 0.952. The van der Waals surface area contributed by atoms with Crippen LogP contribution in [0.1, 0.15) is 63.2 Å². The summed E-state index contributed by atoms with van der Waals surface area (Å²) in [6.07, 6.45) is 6.59. The lowest BCUT2D eigenvalue weighted by atomic mass is 9.97. The smallest absolute Gasteiger partial charge is 0.242 e. The van der Waals surface area contributed by atoms with E-state index in [9.17, 15) is 9.59 Å². The number of hydrogen-bond donors (Lipinski definition) is 0. The van der Waals surface area contributed by atoms with E-state index in [1.165, 1.54) is 6.42 Å². The molecule has 4 nitrogen and oxygen atoms in total. The number of hydrogen-bond acceptors (Lipinski definition) is 2. The van der Waals surface area contributed by atoms with Gasteiger partial charge in [0.15, 0.2) is 5.78 Å². The number of aromatic nitrogens is 1. The molecular weight excluding hydrogens is 312 g/mol. The van der Waals surface area contributed by atoms with Crippen molar-refractivity contribution in [3.63, 3.8) is 0 Å². The van der Waals surface area contributed by atoms with Gasteiger partial charge in [-0.25, -0.2) is 0 Å². The molecule has 1 aromatic heterocycles. The molecule has 3 rings (SSSR count). The van der Waals surface area contributed by atoms with Gasteiger partial charge in [0.2, 0.25) is 5.91 Å². The van der Waals surface area contributed by atoms with Gasteiger partial charge in [-0.2, -0.15) is 0 Å². The summed E-state index contributed by atoms with van der Waals surface area (Å²) in [7, 11) is 0. The highest BCUT2D eigenvalue weighted by Gasteiger charge is 2.29. The van der Waals surface area contributed by atoms with Crippen molar-refractivity contribution < 1.29 is 9.59 Å². The Morgan fingerprint density at radius 2 is 1.80 bits per heavy atom. The molecule has 4 heteroatoms. The average Bonchev–Trinajstić information content (AvgIpc) is 2.94. The molecule has 0 bridgehead atoms. The number of ketones is 1. The van der Waals surface area contributed by atoms with Gasteiger partial charge in [0.25, 0.3) is 0 Å². The molecule has 1 saturated heterocycles. The van der Waals surface area contributed by atoms with Crippen molar-refractivity contribution in [2.75, 3.05) is 0 Å². The van der Waals surface area contributed by atoms with Crippen LogP contribution in [0.15, 0.2) is 30.5 Å². The largest absolute Gasteiger partial charge is 0.337 e. The highest BCUT2D eigenvalue weighted by molar-refractivity contribution is 6.08. The van der Waals surface area contributed by atoms with Crippen molar-refractivity contribution in [2.45, 2.75) is 71.5 Å². The topological polar surface area (TPSA) is 42.3 Å². The van der Waals surface area contributed by atoms with Crippen LogP contribution in [0, 0.1) is 0 Å². The van der Waals surface area contributed by atoms with Gasteiger partial charge in [-0.1, -0.05) is 25.1 Å². The summed E-state index contributed by atoms with van der Waals surface area (Å²) in [4.78, 5) is 27.4. The zero-order valence-electron chi connectivity index (χ0n) is 15.5. The first kappa shape index (κ1) is 17.7. The van der Waals surface area contributed by atoms with Gasteiger partial charge in [0.1, 0.15) is 6.54 Å². The first-order valence-electron chi connectivity index (χ1n) is 9.45. The molecule has 1 fully saturated rings. The van der Waals surface area contributed by atoms with Crippen molar-refractivity contribution in [2.24, 2.45) is 0 Å². The number of fused-ring (bicyclic) bond motifs is 1. The molecular formula is C21H28N2O2. The molecule has 0 aliphatic carbocycles. The molecule has 2 atom stereocenters. The van der Waals surface area contributed by atoms with E-state index in [1.54, 1.807) is 0 Å². The molecule has 0 N–H and O–H groups in total. The van der Waals surface area contributed by atoms with Crippen molar-refractivity contribution in [3.05, 3.63) is 36.0 Å². The summed E-state index contributed by atoms with van der Waals surface area (Å²) >= 11 is 0. The van der Waals surface area contributed by atoms with E-state index < -0.39 is 0 Å². The molecule has 1 aromatic carbocycles. The van der Waals surface area contributed by atoms with E-state index in [0.29, 0.717) is 25.0 Å². The third-order valence-corrected chi connectivity index (χ3v) is 5.35. The van der Waals surface area contributed by atoms with Crippen LogP contribution in [0.2, 0.25) is 0 Å². The maximum Gasteiger partial charge on any atom is 0.242 e. The van der Waals surface area contributed by atoms with E-state index in [1.807, 2.05) is 46.9 Å². The van der Waals surface area contributed by atoms with Gasteiger partial charge in [-0.15, -0.1) is 0 Å². The zero-order chi connectivity index (χ0) is 18.0. The first-order valence-corrected chi connectivity index (χ1v) is 9.45. The highest BCUT2D eigenvalue weighted by atomic mass is 16.2. The second-order valence-electron chi connectivity index (χ2n) is 7.29. The summed E-state index contributed by atoms with van der Waals surface area (Å²) in [6.45, 7) is 6.59. The summed E-state index contributed by atoms with van der Waals surface area (Å²) in [5.74, 6) is 0.305. The van der Waals surface area contributed by atoms with Crippen molar-refractivity contribution in [1.29, 1.82) is 0 Å². The van der Waals surface area contributed by atoms with Gasteiger partial charge in [0.05, 0.1) is 0 Å². The molecule has 2 aromatic rings. The normalized spacial score (nSPS) is 20.8. The number of benzene rings is 1. The molecule has 134 valence electrons. The zero-order valence-corrected chi connectivity index (χ0v) is 15.5. The first-order chi connectivity index (χ1) is 12.0. The Morgan fingerprint density at radius 1 is 1.12 bits per heavy atom. The Bertz CT molecular complexity index is 767. The van der Waals surface area contributed by atoms with Crippen LogP contribution in [0.4, 0.5) is 0 Å². The average molecular weight is 340 g/mol. The number of rotatable bonds is 5. The summed E-state index contributed by atoms with van der Waals surface area (Å²) < 4.78 is 1.95. The lowest BCUT2D eigenvalue weighted by Crippen LogP contribution is -2.48. The molecule has 2 heterocycles. The van der Waals surface area contributed by atoms with E-state index in [4.69, 9.17) is 0 Å². The number of para-hydroxylation sites is 1. The molecule has 0 unspecified atom stereocenters. The number of Topliss-reactive ketones (excluding diaryl/α,β-unsaturated/α-hetero) is 1. The van der Waals surface area contributed by atoms with Crippen LogP contribution in [0.3, 0.4) is 0 Å². The number of likely N-dealkylation sites (tertiary alicyclic amines) is 1. The van der Waals surface area contributed by atoms with Gasteiger partial charge in [-0.05, 0) is 45.6 Å². The molecule has 1 aliphatic rings. The second-order valence-corrected chi connectivity index (χ2v) is 7.29. The van der Waals surface area contributed by atoms with Crippen molar-refractivity contribution >= 4 is 22.6 Å². The Labute approximate surface area is 149 Å². The van der Waals surface area contributed by atoms with Crippen LogP contribution >= 0.6 is 0 Å². The summed E-state index contributed by atoms with van der Waals surface area (Å²) in [5.41, 5.74) is 1.71. The van der Waals surface area contributed by atoms with E-state index in [-0.39, 0.29) is 11.7 Å². The third kappa shape index (κ3) is 3.48. The molecule has 1 aliphatic heterocycles. The second kappa shape index (κ2) is 7.42. The lowest BCUT2D eigenvalue weighted by molar-refractivity contribution is -0.137. The van der Waals surface area contributed by atoms with Crippen molar-refractivity contribution in [1.82, 2.24) is 9.47 Å². The Balaban J connectivity index is 1.91. The van der Waals surface area contributed by atoms with E-state index in [2.05, 4.69) is 13.8 Å². The van der Waals surface area contributed by atoms with Crippen LogP contribution in [0.25, 0.3) is 10.9 Å². The van der Waals surface area contributed by atoms with Crippen LogP contribution < -0.4 is 0 Å². The predicted molar refractivity (Wildman–Crippen MR) is 101 cm³/mol. The predicted octanol–water partition coefficient (Wildman–Crippen LogP) is 4.41. The summed E-state index contributed by atoms with van der Waals surface area (Å²) in [6, 6.07) is 8.47. The Kier molecular flexibility index (Phi) is 5.26. The SMILES string of the molecule is CCCC(=O)c1cn(CC(=O)N2[C@@H](C)CCC[C@@H]2C)c2ccccc12. The molecule has 1 amide bonds. The Morgan fingerprint density at radius 3 is 2.48 bits per heavy atom. The van der Waals surface area contributed by atoms with Gasteiger partial charge >= 0.3 is 0 Å². The van der Waals surface area contributed by atoms with E-state index >= 15 is 0 Å². The third-order valence-electron chi connectivity index (χ3n) is 5.35. The molecule has 25 heavy (non-hydrogen) atoms. The van der Waals surface area contributed by atoms with Crippen LogP contribution in [-0.4, -0.2) is 33.2 Å². The fraction of sp³-hybridized carbons (Fsp3) is 0.524. The van der Waals surface area contributed by atoms with E-state index in [0.717, 1.165) is 35.7 Å². The number of nitrogens with zero attached hydrogens (tertiary/aromatic N) is 2. The number of carbonyl (C=O) groups excluding carboxylic acids is 2. The molecule has 0 radical (unpaired) electrons. The standard InChI is InChI=1S/C21H28N2O2/c1-4-8-20(24)18-13-22(19-12-6-5-11-17(18)19)14-21(25)23-15(2)9-7-10-16(23)3/h5-6,11-13,15-16H,4,7-10,14H2,1-3H3/t15-,16-/m0/s1. The van der Waals surface area contributed by atoms with Gasteiger partial charge < -0.3 is 9.47 Å². The van der Waals surface area contributed by atoms with Crippen LogP contribution in [-0.2, 0) is 11.3 Å². The lowest BCUT2D eigenvalue weighted by Gasteiger charge is -2.39. The maximum atomic E-state index is 13.0. The number of amides is 1. The number of carbonyl (C=O) groups is 2. The number of piperidine rings is 1. The quantitative estimate of drug-likeness (QED) is 0.757. The van der Waals surface area contributed by atoms with Gasteiger partial charge in [0, 0.05) is 41.2 Å². The van der Waals surface area contributed by atoms with Crippen LogP contribution in [0.5, 0.6) is 0 Å². The van der Waals surface area contributed by atoms with Crippen molar-refractivity contribution in [3.8, 4) is 0 Å². The minimum absolute atomic E-state index is 0.148. The molecule has 0 saturated carbocycles. The fourth-order valence-electron chi connectivity index (χ4n) is 4.10. The monoisotopic (exact) mass is 340 g/mol. The fourth-order valence-corrected chi connectivity index (χ4v) is 4.10. The maximum absolute atomic E-state index is 13.0. The minimum atomic E-state index is 0.148. The Hall–Kier alpha value is -2.10. The van der Waals surface area contributed by atoms with Gasteiger partial charge in [-0.3, -0.25) is 9.59 Å². The minimum Gasteiger partial charge on any atom is -0.337 e.